The van der Waals surface area contributed by atoms with Crippen molar-refractivity contribution in [1.82, 2.24) is 14.3 Å². The van der Waals surface area contributed by atoms with E-state index in [4.69, 9.17) is 0 Å². The summed E-state index contributed by atoms with van der Waals surface area (Å²) in [5.74, 6) is 0.0437. The van der Waals surface area contributed by atoms with E-state index in [9.17, 15) is 13.2 Å². The first-order valence-corrected chi connectivity index (χ1v) is 8.59. The summed E-state index contributed by atoms with van der Waals surface area (Å²) in [6.07, 6.45) is 8.94. The van der Waals surface area contributed by atoms with Crippen LogP contribution in [0.4, 0.5) is 0 Å². The predicted molar refractivity (Wildman–Crippen MR) is 78.9 cm³/mol. The van der Waals surface area contributed by atoms with Crippen LogP contribution in [0.5, 0.6) is 0 Å². The number of nitrogens with one attached hydrogen (secondary N) is 1. The van der Waals surface area contributed by atoms with E-state index >= 15 is 0 Å². The van der Waals surface area contributed by atoms with Gasteiger partial charge in [-0.05, 0) is 24.7 Å². The predicted octanol–water partition coefficient (Wildman–Crippen LogP) is 1.70. The molecule has 0 bridgehead atoms. The maximum Gasteiger partial charge on any atom is 0.283 e. The van der Waals surface area contributed by atoms with Gasteiger partial charge in [-0.15, -0.1) is 0 Å². The van der Waals surface area contributed by atoms with Gasteiger partial charge in [-0.1, -0.05) is 26.0 Å². The van der Waals surface area contributed by atoms with Crippen LogP contribution >= 0.6 is 0 Å². The Bertz CT molecular complexity index is 632. The average molecular weight is 311 g/mol. The Morgan fingerprint density at radius 1 is 1.52 bits per heavy atom. The highest BCUT2D eigenvalue weighted by Gasteiger charge is 2.22. The molecule has 1 N–H and O–H groups in total. The van der Waals surface area contributed by atoms with Gasteiger partial charge in [0.2, 0.25) is 5.91 Å². The van der Waals surface area contributed by atoms with E-state index in [1.165, 1.54) is 12.5 Å². The lowest BCUT2D eigenvalue weighted by molar-refractivity contribution is -0.119. The number of imidazole rings is 1. The third-order valence-corrected chi connectivity index (χ3v) is 4.53. The molecule has 1 unspecified atom stereocenters. The van der Waals surface area contributed by atoms with Gasteiger partial charge in [-0.3, -0.25) is 4.79 Å². The summed E-state index contributed by atoms with van der Waals surface area (Å²) in [5.41, 5.74) is 0. The smallest absolute Gasteiger partial charge is 0.283 e. The normalized spacial score (nSPS) is 18.3. The number of carbonyl (C=O) groups excluding carboxylic acids is 1. The summed E-state index contributed by atoms with van der Waals surface area (Å²) in [6.45, 7) is 4.75. The first-order valence-electron chi connectivity index (χ1n) is 7.11. The number of amides is 1. The van der Waals surface area contributed by atoms with Crippen molar-refractivity contribution in [3.05, 3.63) is 24.7 Å². The molecule has 1 atom stereocenters. The van der Waals surface area contributed by atoms with Crippen LogP contribution in [0.2, 0.25) is 0 Å². The Morgan fingerprint density at radius 2 is 2.29 bits per heavy atom. The van der Waals surface area contributed by atoms with Gasteiger partial charge >= 0.3 is 0 Å². The minimum atomic E-state index is -3.87. The fourth-order valence-corrected chi connectivity index (χ4v) is 3.29. The monoisotopic (exact) mass is 311 g/mol. The molecule has 0 aromatic carbocycles. The zero-order valence-electron chi connectivity index (χ0n) is 12.3. The van der Waals surface area contributed by atoms with Crippen molar-refractivity contribution in [1.29, 1.82) is 0 Å². The lowest BCUT2D eigenvalue weighted by atomic mass is 10.1. The molecule has 0 saturated carbocycles. The quantitative estimate of drug-likeness (QED) is 0.811. The molecule has 1 amide bonds. The van der Waals surface area contributed by atoms with Crippen molar-refractivity contribution >= 4 is 15.9 Å². The second-order valence-corrected chi connectivity index (χ2v) is 7.43. The average Bonchev–Trinajstić information content (AvgIpc) is 2.98. The third kappa shape index (κ3) is 4.42. The largest absolute Gasteiger partial charge is 0.336 e. The Kier molecular flexibility index (Phi) is 4.82. The Balaban J connectivity index is 1.98. The summed E-state index contributed by atoms with van der Waals surface area (Å²) in [4.78, 5) is 15.7. The molecule has 1 aliphatic carbocycles. The van der Waals surface area contributed by atoms with Gasteiger partial charge in [-0.2, -0.15) is 8.42 Å². The molecule has 1 aromatic heterocycles. The molecule has 116 valence electrons. The summed E-state index contributed by atoms with van der Waals surface area (Å²) in [6, 6.07) is 0. The SMILES string of the molecule is CC(C)Cn1cnc(S(=O)(=O)NC(=O)CC2C=CCC2)c1. The van der Waals surface area contributed by atoms with Crippen LogP contribution in [0.1, 0.15) is 33.1 Å². The van der Waals surface area contributed by atoms with Crippen LogP contribution in [-0.4, -0.2) is 23.9 Å². The van der Waals surface area contributed by atoms with Crippen molar-refractivity contribution in [2.45, 2.75) is 44.7 Å². The molecular weight excluding hydrogens is 290 g/mol. The Hall–Kier alpha value is -1.63. The zero-order valence-corrected chi connectivity index (χ0v) is 13.1. The van der Waals surface area contributed by atoms with Crippen LogP contribution in [0, 0.1) is 11.8 Å². The number of hydrogen-bond acceptors (Lipinski definition) is 4. The van der Waals surface area contributed by atoms with E-state index in [2.05, 4.69) is 9.71 Å². The molecular formula is C14H21N3O3S. The summed E-state index contributed by atoms with van der Waals surface area (Å²) in [5, 5.41) is -0.113. The summed E-state index contributed by atoms with van der Waals surface area (Å²) in [7, 11) is -3.87. The molecule has 1 heterocycles. The van der Waals surface area contributed by atoms with Crippen molar-refractivity contribution in [3.63, 3.8) is 0 Å². The van der Waals surface area contributed by atoms with Crippen LogP contribution in [0.15, 0.2) is 29.7 Å². The second kappa shape index (κ2) is 6.43. The minimum Gasteiger partial charge on any atom is -0.336 e. The minimum absolute atomic E-state index is 0.113. The third-order valence-electron chi connectivity index (χ3n) is 3.27. The van der Waals surface area contributed by atoms with E-state index in [-0.39, 0.29) is 17.4 Å². The zero-order chi connectivity index (χ0) is 15.5. The highest BCUT2D eigenvalue weighted by Crippen LogP contribution is 2.20. The molecule has 21 heavy (non-hydrogen) atoms. The number of rotatable bonds is 6. The number of allylic oxidation sites excluding steroid dienone is 2. The summed E-state index contributed by atoms with van der Waals surface area (Å²) < 4.78 is 28.0. The molecule has 1 aromatic rings. The van der Waals surface area contributed by atoms with Crippen LogP contribution in [0.3, 0.4) is 0 Å². The number of carbonyl (C=O) groups is 1. The number of aromatic nitrogens is 2. The highest BCUT2D eigenvalue weighted by molar-refractivity contribution is 7.90. The first kappa shape index (κ1) is 15.8. The van der Waals surface area contributed by atoms with E-state index in [0.717, 1.165) is 12.8 Å². The molecule has 6 nitrogen and oxygen atoms in total. The second-order valence-electron chi connectivity index (χ2n) is 5.80. The molecule has 2 rings (SSSR count). The maximum absolute atomic E-state index is 12.1. The number of hydrogen-bond donors (Lipinski definition) is 1. The summed E-state index contributed by atoms with van der Waals surface area (Å²) >= 11 is 0. The van der Waals surface area contributed by atoms with E-state index in [1.807, 2.05) is 26.0 Å². The Morgan fingerprint density at radius 3 is 2.90 bits per heavy atom. The van der Waals surface area contributed by atoms with E-state index in [0.29, 0.717) is 12.5 Å². The van der Waals surface area contributed by atoms with Crippen molar-refractivity contribution < 1.29 is 13.2 Å². The molecule has 7 heteroatoms. The molecule has 0 saturated heterocycles. The van der Waals surface area contributed by atoms with Gasteiger partial charge in [0, 0.05) is 19.2 Å². The number of sulfonamides is 1. The lowest BCUT2D eigenvalue weighted by Crippen LogP contribution is -2.31. The molecule has 0 aliphatic heterocycles. The topological polar surface area (TPSA) is 81.1 Å². The van der Waals surface area contributed by atoms with Gasteiger partial charge in [-0.25, -0.2) is 9.71 Å². The highest BCUT2D eigenvalue weighted by atomic mass is 32.2. The fourth-order valence-electron chi connectivity index (χ4n) is 2.35. The van der Waals surface area contributed by atoms with Gasteiger partial charge in [0.1, 0.15) is 0 Å². The van der Waals surface area contributed by atoms with Crippen LogP contribution in [0.25, 0.3) is 0 Å². The van der Waals surface area contributed by atoms with Gasteiger partial charge in [0.15, 0.2) is 5.03 Å². The van der Waals surface area contributed by atoms with E-state index in [1.54, 1.807) is 4.57 Å². The maximum atomic E-state index is 12.1. The molecule has 1 aliphatic rings. The van der Waals surface area contributed by atoms with Crippen LogP contribution in [-0.2, 0) is 21.4 Å². The fraction of sp³-hybridized carbons (Fsp3) is 0.571. The van der Waals surface area contributed by atoms with Gasteiger partial charge in [0.05, 0.1) is 6.33 Å². The molecule has 0 radical (unpaired) electrons. The lowest BCUT2D eigenvalue weighted by Gasteiger charge is -2.08. The van der Waals surface area contributed by atoms with Gasteiger partial charge < -0.3 is 4.57 Å². The molecule has 0 fully saturated rings. The van der Waals surface area contributed by atoms with Crippen LogP contribution < -0.4 is 4.72 Å². The Labute approximate surface area is 125 Å². The molecule has 0 spiro atoms. The van der Waals surface area contributed by atoms with Crippen molar-refractivity contribution in [3.8, 4) is 0 Å². The standard InChI is InChI=1S/C14H21N3O3S/c1-11(2)8-17-9-14(15-10-17)21(19,20)16-13(18)7-12-5-3-4-6-12/h3,5,9-12H,4,6-8H2,1-2H3,(H,16,18). The number of nitrogens with zero attached hydrogens (tertiary/aromatic N) is 2. The van der Waals surface area contributed by atoms with Crippen molar-refractivity contribution in [2.24, 2.45) is 11.8 Å². The van der Waals surface area contributed by atoms with Gasteiger partial charge in [0.25, 0.3) is 10.0 Å². The van der Waals surface area contributed by atoms with E-state index < -0.39 is 15.9 Å². The van der Waals surface area contributed by atoms with Crippen molar-refractivity contribution in [2.75, 3.05) is 0 Å². The first-order chi connectivity index (χ1) is 9.87.